The second kappa shape index (κ2) is 7.40. The van der Waals surface area contributed by atoms with Crippen molar-refractivity contribution in [2.75, 3.05) is 11.9 Å². The van der Waals surface area contributed by atoms with E-state index in [9.17, 15) is 22.4 Å². The molecule has 27 heavy (non-hydrogen) atoms. The van der Waals surface area contributed by atoms with E-state index in [0.29, 0.717) is 5.39 Å². The molecule has 0 spiro atoms. The van der Waals surface area contributed by atoms with E-state index in [1.807, 2.05) is 0 Å². The Labute approximate surface area is 155 Å². The molecular weight excluding hydrogens is 388 g/mol. The van der Waals surface area contributed by atoms with Crippen LogP contribution in [0.25, 0.3) is 10.9 Å². The number of fused-ring (bicyclic) bond motifs is 1. The molecule has 1 N–H and O–H groups in total. The lowest BCUT2D eigenvalue weighted by atomic mass is 10.1. The lowest BCUT2D eigenvalue weighted by Crippen LogP contribution is -2.20. The minimum Gasteiger partial charge on any atom is -0.482 e. The minimum atomic E-state index is -4.55. The maximum Gasteiger partial charge on any atom is 0.422 e. The van der Waals surface area contributed by atoms with Gasteiger partial charge in [0.15, 0.2) is 6.61 Å². The van der Waals surface area contributed by atoms with Crippen LogP contribution in [0.3, 0.4) is 0 Å². The summed E-state index contributed by atoms with van der Waals surface area (Å²) in [7, 11) is 0. The second-order valence-electron chi connectivity index (χ2n) is 5.53. The lowest BCUT2D eigenvalue weighted by Gasteiger charge is -2.15. The first-order valence-corrected chi connectivity index (χ1v) is 7.95. The molecule has 9 heteroatoms. The third-order valence-electron chi connectivity index (χ3n) is 3.50. The molecule has 140 valence electrons. The number of amides is 1. The Morgan fingerprint density at radius 3 is 2.70 bits per heavy atom. The molecule has 4 nitrogen and oxygen atoms in total. The first kappa shape index (κ1) is 18.9. The summed E-state index contributed by atoms with van der Waals surface area (Å²) in [5.41, 5.74) is 0.0913. The molecule has 0 atom stereocenters. The first-order valence-electron chi connectivity index (χ1n) is 7.58. The van der Waals surface area contributed by atoms with Gasteiger partial charge in [0, 0.05) is 16.6 Å². The third-order valence-corrected chi connectivity index (χ3v) is 3.73. The van der Waals surface area contributed by atoms with Crippen molar-refractivity contribution in [3.63, 3.8) is 0 Å². The molecule has 0 fully saturated rings. The van der Waals surface area contributed by atoms with E-state index in [1.54, 1.807) is 12.1 Å². The molecule has 0 unspecified atom stereocenters. The molecule has 2 aromatic carbocycles. The van der Waals surface area contributed by atoms with E-state index in [2.05, 4.69) is 10.3 Å². The maximum absolute atomic E-state index is 13.8. The number of ether oxygens (including phenoxy) is 1. The number of hydrogen-bond acceptors (Lipinski definition) is 3. The van der Waals surface area contributed by atoms with Gasteiger partial charge in [-0.1, -0.05) is 17.7 Å². The fraction of sp³-hybridized carbons (Fsp3) is 0.111. The number of carbonyl (C=O) groups is 1. The summed E-state index contributed by atoms with van der Waals surface area (Å²) in [6, 6.07) is 9.14. The summed E-state index contributed by atoms with van der Waals surface area (Å²) in [5.74, 6) is -1.64. The largest absolute Gasteiger partial charge is 0.482 e. The summed E-state index contributed by atoms with van der Waals surface area (Å²) in [6.45, 7) is -1.54. The van der Waals surface area contributed by atoms with E-state index in [0.717, 1.165) is 6.07 Å². The van der Waals surface area contributed by atoms with Crippen LogP contribution in [0.4, 0.5) is 23.2 Å². The van der Waals surface area contributed by atoms with Gasteiger partial charge >= 0.3 is 6.18 Å². The molecule has 0 saturated heterocycles. The van der Waals surface area contributed by atoms with Crippen LogP contribution in [0.15, 0.2) is 48.7 Å². The number of pyridine rings is 1. The summed E-state index contributed by atoms with van der Waals surface area (Å²) in [5, 5.41) is 2.98. The van der Waals surface area contributed by atoms with Crippen molar-refractivity contribution < 1.29 is 27.1 Å². The van der Waals surface area contributed by atoms with Crippen LogP contribution < -0.4 is 10.1 Å². The van der Waals surface area contributed by atoms with E-state index in [-0.39, 0.29) is 27.5 Å². The zero-order valence-corrected chi connectivity index (χ0v) is 14.2. The Balaban J connectivity index is 1.94. The average Bonchev–Trinajstić information content (AvgIpc) is 2.59. The highest BCUT2D eigenvalue weighted by molar-refractivity contribution is 6.31. The predicted molar refractivity (Wildman–Crippen MR) is 92.7 cm³/mol. The monoisotopic (exact) mass is 398 g/mol. The number of alkyl halides is 3. The summed E-state index contributed by atoms with van der Waals surface area (Å²) in [6.07, 6.45) is -3.11. The molecule has 1 aromatic heterocycles. The number of halogens is 5. The first-order chi connectivity index (χ1) is 12.7. The molecule has 0 bridgehead atoms. The maximum atomic E-state index is 13.8. The van der Waals surface area contributed by atoms with Gasteiger partial charge in [-0.2, -0.15) is 13.2 Å². The average molecular weight is 399 g/mol. The molecule has 3 rings (SSSR count). The van der Waals surface area contributed by atoms with E-state index in [1.165, 1.54) is 30.5 Å². The smallest absolute Gasteiger partial charge is 0.422 e. The summed E-state index contributed by atoms with van der Waals surface area (Å²) >= 11 is 5.86. The Bertz CT molecular complexity index is 1010. The Kier molecular flexibility index (Phi) is 5.18. The van der Waals surface area contributed by atoms with Crippen LogP contribution in [-0.4, -0.2) is 23.7 Å². The van der Waals surface area contributed by atoms with Crippen LogP contribution in [0.1, 0.15) is 10.4 Å². The quantitative estimate of drug-likeness (QED) is 0.613. The highest BCUT2D eigenvalue weighted by Gasteiger charge is 2.29. The number of benzene rings is 2. The van der Waals surface area contributed by atoms with Gasteiger partial charge in [-0.3, -0.25) is 9.78 Å². The molecule has 0 aliphatic carbocycles. The second-order valence-corrected chi connectivity index (χ2v) is 5.96. The molecule has 0 aliphatic rings. The fourth-order valence-corrected chi connectivity index (χ4v) is 2.58. The van der Waals surface area contributed by atoms with Gasteiger partial charge in [0.05, 0.1) is 16.8 Å². The van der Waals surface area contributed by atoms with Crippen molar-refractivity contribution in [2.45, 2.75) is 6.18 Å². The fourth-order valence-electron chi connectivity index (χ4n) is 2.40. The Morgan fingerprint density at radius 1 is 1.19 bits per heavy atom. The van der Waals surface area contributed by atoms with E-state index in [4.69, 9.17) is 16.3 Å². The van der Waals surface area contributed by atoms with Gasteiger partial charge in [0.1, 0.15) is 11.6 Å². The van der Waals surface area contributed by atoms with Crippen molar-refractivity contribution in [3.05, 3.63) is 65.1 Å². The van der Waals surface area contributed by atoms with Crippen LogP contribution in [0.2, 0.25) is 5.02 Å². The van der Waals surface area contributed by atoms with Crippen molar-refractivity contribution in [1.29, 1.82) is 0 Å². The van der Waals surface area contributed by atoms with Crippen LogP contribution >= 0.6 is 11.6 Å². The molecule has 3 aromatic rings. The molecular formula is C18H11ClF4N2O2. The number of carbonyl (C=O) groups excluding carboxylic acids is 1. The third kappa shape index (κ3) is 4.65. The van der Waals surface area contributed by atoms with Crippen LogP contribution in [-0.2, 0) is 0 Å². The molecule has 0 saturated carbocycles. The van der Waals surface area contributed by atoms with Crippen molar-refractivity contribution in [3.8, 4) is 5.75 Å². The van der Waals surface area contributed by atoms with Gasteiger partial charge in [0.25, 0.3) is 5.91 Å². The number of rotatable bonds is 4. The zero-order chi connectivity index (χ0) is 19.6. The molecule has 1 heterocycles. The van der Waals surface area contributed by atoms with Gasteiger partial charge in [-0.25, -0.2) is 4.39 Å². The Hall–Kier alpha value is -2.87. The molecule has 0 radical (unpaired) electrons. The molecule has 1 amide bonds. The Morgan fingerprint density at radius 2 is 1.96 bits per heavy atom. The lowest BCUT2D eigenvalue weighted by molar-refractivity contribution is -0.153. The van der Waals surface area contributed by atoms with Gasteiger partial charge in [0.2, 0.25) is 0 Å². The van der Waals surface area contributed by atoms with Crippen LogP contribution in [0, 0.1) is 5.82 Å². The van der Waals surface area contributed by atoms with Gasteiger partial charge < -0.3 is 10.1 Å². The van der Waals surface area contributed by atoms with E-state index >= 15 is 0 Å². The number of nitrogens with one attached hydrogen (secondary N) is 1. The zero-order valence-electron chi connectivity index (χ0n) is 13.5. The van der Waals surface area contributed by atoms with Crippen molar-refractivity contribution >= 4 is 34.1 Å². The van der Waals surface area contributed by atoms with Crippen molar-refractivity contribution in [2.24, 2.45) is 0 Å². The number of aromatic nitrogens is 1. The van der Waals surface area contributed by atoms with Gasteiger partial charge in [-0.15, -0.1) is 0 Å². The summed E-state index contributed by atoms with van der Waals surface area (Å²) < 4.78 is 55.8. The summed E-state index contributed by atoms with van der Waals surface area (Å²) in [4.78, 5) is 16.7. The number of nitrogens with zero attached hydrogens (tertiary/aromatic N) is 1. The SMILES string of the molecule is O=C(Nc1cc(Cl)ccc1OCC(F)(F)F)c1cc(F)cc2cccnc12. The number of hydrogen-bond donors (Lipinski definition) is 1. The van der Waals surface area contributed by atoms with Crippen molar-refractivity contribution in [1.82, 2.24) is 4.98 Å². The normalized spacial score (nSPS) is 11.4. The highest BCUT2D eigenvalue weighted by atomic mass is 35.5. The van der Waals surface area contributed by atoms with E-state index < -0.39 is 24.5 Å². The predicted octanol–water partition coefficient (Wildman–Crippen LogP) is 5.22. The molecule has 0 aliphatic heterocycles. The topological polar surface area (TPSA) is 51.2 Å². The minimum absolute atomic E-state index is 0.0765. The highest BCUT2D eigenvalue weighted by Crippen LogP contribution is 2.30. The van der Waals surface area contributed by atoms with Gasteiger partial charge in [-0.05, 0) is 36.4 Å². The standard InChI is InChI=1S/C18H11ClF4N2O2/c19-11-3-4-15(27-9-18(21,22)23)14(7-11)25-17(26)13-8-12(20)6-10-2-1-5-24-16(10)13/h1-8H,9H2,(H,25,26). The van der Waals surface area contributed by atoms with Crippen LogP contribution in [0.5, 0.6) is 5.75 Å². The number of anilines is 1.